The van der Waals surface area contributed by atoms with Crippen molar-refractivity contribution < 1.29 is 18.6 Å². The molecule has 2 rings (SSSR count). The molecule has 0 saturated carbocycles. The van der Waals surface area contributed by atoms with Gasteiger partial charge < -0.3 is 15.2 Å². The Morgan fingerprint density at radius 2 is 1.85 bits per heavy atom. The number of hydrogen-bond donors (Lipinski definition) is 2. The van der Waals surface area contributed by atoms with Crippen molar-refractivity contribution >= 4 is 10.8 Å². The van der Waals surface area contributed by atoms with Crippen LogP contribution in [0.15, 0.2) is 36.4 Å². The smallest absolute Gasteiger partial charge is 0.265 e. The first-order chi connectivity index (χ1) is 9.60. The molecule has 0 spiro atoms. The standard InChI is InChI=1S/C15H17F2NO2/c1-20-13-5-4-11-6-10(2-3-12(11)7-13)8-18-9-14(19)15(16)17/h2-7,14-15,18-19H,8-9H2,1H3. The minimum absolute atomic E-state index is 0.127. The number of benzene rings is 2. The number of aliphatic hydroxyl groups excluding tert-OH is 1. The third kappa shape index (κ3) is 3.65. The van der Waals surface area contributed by atoms with E-state index in [1.165, 1.54) is 0 Å². The molecule has 0 aliphatic heterocycles. The Labute approximate surface area is 116 Å². The topological polar surface area (TPSA) is 41.5 Å². The van der Waals surface area contributed by atoms with Crippen molar-refractivity contribution in [2.45, 2.75) is 19.1 Å². The molecule has 20 heavy (non-hydrogen) atoms. The van der Waals surface area contributed by atoms with Gasteiger partial charge in [0.15, 0.2) is 0 Å². The summed E-state index contributed by atoms with van der Waals surface area (Å²) in [4.78, 5) is 0. The quantitative estimate of drug-likeness (QED) is 0.855. The van der Waals surface area contributed by atoms with Crippen molar-refractivity contribution in [1.82, 2.24) is 5.32 Å². The predicted molar refractivity (Wildman–Crippen MR) is 74.2 cm³/mol. The van der Waals surface area contributed by atoms with E-state index in [-0.39, 0.29) is 6.54 Å². The summed E-state index contributed by atoms with van der Waals surface area (Å²) >= 11 is 0. The van der Waals surface area contributed by atoms with E-state index < -0.39 is 12.5 Å². The van der Waals surface area contributed by atoms with Gasteiger partial charge in [0.2, 0.25) is 0 Å². The number of ether oxygens (including phenoxy) is 1. The van der Waals surface area contributed by atoms with Crippen LogP contribution in [0.4, 0.5) is 8.78 Å². The van der Waals surface area contributed by atoms with Crippen molar-refractivity contribution in [3.8, 4) is 5.75 Å². The molecule has 2 N–H and O–H groups in total. The monoisotopic (exact) mass is 281 g/mol. The number of alkyl halides is 2. The number of aliphatic hydroxyl groups is 1. The molecule has 0 fully saturated rings. The van der Waals surface area contributed by atoms with Crippen LogP contribution in [0.1, 0.15) is 5.56 Å². The van der Waals surface area contributed by atoms with Crippen LogP contribution >= 0.6 is 0 Å². The fourth-order valence-electron chi connectivity index (χ4n) is 1.96. The Morgan fingerprint density at radius 1 is 1.15 bits per heavy atom. The highest BCUT2D eigenvalue weighted by Gasteiger charge is 2.15. The van der Waals surface area contributed by atoms with E-state index in [0.29, 0.717) is 6.54 Å². The number of nitrogens with one attached hydrogen (secondary N) is 1. The second-order valence-corrected chi connectivity index (χ2v) is 4.58. The summed E-state index contributed by atoms with van der Waals surface area (Å²) in [5.74, 6) is 0.795. The first kappa shape index (κ1) is 14.7. The largest absolute Gasteiger partial charge is 0.497 e. The van der Waals surface area contributed by atoms with Crippen molar-refractivity contribution in [1.29, 1.82) is 0 Å². The summed E-state index contributed by atoms with van der Waals surface area (Å²) in [6.07, 6.45) is -4.34. The van der Waals surface area contributed by atoms with Gasteiger partial charge in [0.05, 0.1) is 7.11 Å². The van der Waals surface area contributed by atoms with Gasteiger partial charge in [0.1, 0.15) is 11.9 Å². The molecule has 2 aromatic rings. The van der Waals surface area contributed by atoms with E-state index >= 15 is 0 Å². The zero-order valence-corrected chi connectivity index (χ0v) is 11.1. The average molecular weight is 281 g/mol. The van der Waals surface area contributed by atoms with E-state index in [1.807, 2.05) is 36.4 Å². The molecule has 0 bridgehead atoms. The fraction of sp³-hybridized carbons (Fsp3) is 0.333. The van der Waals surface area contributed by atoms with E-state index in [2.05, 4.69) is 5.32 Å². The van der Waals surface area contributed by atoms with E-state index in [0.717, 1.165) is 22.1 Å². The molecule has 0 aromatic heterocycles. The van der Waals surface area contributed by atoms with Gasteiger partial charge in [-0.1, -0.05) is 18.2 Å². The Bertz CT molecular complexity index is 575. The van der Waals surface area contributed by atoms with E-state index in [1.54, 1.807) is 7.11 Å². The van der Waals surface area contributed by atoms with Gasteiger partial charge in [0, 0.05) is 13.1 Å². The van der Waals surface area contributed by atoms with Crippen LogP contribution in [0, 0.1) is 0 Å². The lowest BCUT2D eigenvalue weighted by atomic mass is 10.1. The van der Waals surface area contributed by atoms with Crippen molar-refractivity contribution in [2.75, 3.05) is 13.7 Å². The van der Waals surface area contributed by atoms with Crippen LogP contribution in [0.25, 0.3) is 10.8 Å². The SMILES string of the molecule is COc1ccc2cc(CNCC(O)C(F)F)ccc2c1. The average Bonchev–Trinajstić information content (AvgIpc) is 2.46. The Morgan fingerprint density at radius 3 is 2.55 bits per heavy atom. The zero-order valence-electron chi connectivity index (χ0n) is 11.1. The lowest BCUT2D eigenvalue weighted by Gasteiger charge is -2.11. The van der Waals surface area contributed by atoms with Gasteiger partial charge in [-0.05, 0) is 34.5 Å². The van der Waals surface area contributed by atoms with Crippen LogP contribution in [-0.4, -0.2) is 31.3 Å². The van der Waals surface area contributed by atoms with Crippen LogP contribution in [0.3, 0.4) is 0 Å². The lowest BCUT2D eigenvalue weighted by molar-refractivity contribution is -0.00340. The summed E-state index contributed by atoms with van der Waals surface area (Å²) in [5.41, 5.74) is 0.976. The second-order valence-electron chi connectivity index (χ2n) is 4.58. The van der Waals surface area contributed by atoms with Gasteiger partial charge in [-0.15, -0.1) is 0 Å². The van der Waals surface area contributed by atoms with Crippen molar-refractivity contribution in [2.24, 2.45) is 0 Å². The molecule has 108 valence electrons. The predicted octanol–water partition coefficient (Wildman–Crippen LogP) is 2.56. The minimum atomic E-state index is -2.72. The lowest BCUT2D eigenvalue weighted by Crippen LogP contribution is -2.31. The molecule has 5 heteroatoms. The molecule has 2 aromatic carbocycles. The van der Waals surface area contributed by atoms with Gasteiger partial charge in [0.25, 0.3) is 6.43 Å². The zero-order chi connectivity index (χ0) is 14.5. The fourth-order valence-corrected chi connectivity index (χ4v) is 1.96. The molecule has 0 aliphatic rings. The molecule has 1 unspecified atom stereocenters. The van der Waals surface area contributed by atoms with Gasteiger partial charge >= 0.3 is 0 Å². The molecule has 3 nitrogen and oxygen atoms in total. The summed E-state index contributed by atoms with van der Waals surface area (Å²) in [7, 11) is 1.62. The maximum Gasteiger partial charge on any atom is 0.265 e. The number of rotatable bonds is 6. The molecule has 0 saturated heterocycles. The summed E-state index contributed by atoms with van der Waals surface area (Å²) in [6.45, 7) is 0.310. The highest BCUT2D eigenvalue weighted by atomic mass is 19.3. The van der Waals surface area contributed by atoms with Crippen LogP contribution in [0.5, 0.6) is 5.75 Å². The first-order valence-corrected chi connectivity index (χ1v) is 6.34. The first-order valence-electron chi connectivity index (χ1n) is 6.34. The molecule has 0 heterocycles. The van der Waals surface area contributed by atoms with E-state index in [9.17, 15) is 8.78 Å². The maximum absolute atomic E-state index is 12.1. The number of hydrogen-bond acceptors (Lipinski definition) is 3. The third-order valence-corrected chi connectivity index (χ3v) is 3.09. The van der Waals surface area contributed by atoms with Crippen molar-refractivity contribution in [3.05, 3.63) is 42.0 Å². The third-order valence-electron chi connectivity index (χ3n) is 3.09. The van der Waals surface area contributed by atoms with Crippen molar-refractivity contribution in [3.63, 3.8) is 0 Å². The normalized spacial score (nSPS) is 12.8. The van der Waals surface area contributed by atoms with Crippen LogP contribution in [0.2, 0.25) is 0 Å². The highest BCUT2D eigenvalue weighted by Crippen LogP contribution is 2.21. The van der Waals surface area contributed by atoms with Gasteiger partial charge in [-0.2, -0.15) is 0 Å². The second kappa shape index (κ2) is 6.63. The number of fused-ring (bicyclic) bond motifs is 1. The Balaban J connectivity index is 2.01. The Hall–Kier alpha value is -1.72. The summed E-state index contributed by atoms with van der Waals surface area (Å²) in [6, 6.07) is 11.6. The number of halogens is 2. The van der Waals surface area contributed by atoms with Crippen LogP contribution < -0.4 is 10.1 Å². The summed E-state index contributed by atoms with van der Waals surface area (Å²) < 4.78 is 29.4. The Kier molecular flexibility index (Phi) is 4.87. The van der Waals surface area contributed by atoms with Gasteiger partial charge in [-0.25, -0.2) is 8.78 Å². The minimum Gasteiger partial charge on any atom is -0.497 e. The molecule has 0 amide bonds. The van der Waals surface area contributed by atoms with Crippen LogP contribution in [-0.2, 0) is 6.54 Å². The van der Waals surface area contributed by atoms with E-state index in [4.69, 9.17) is 9.84 Å². The molecular formula is C15H17F2NO2. The van der Waals surface area contributed by atoms with Gasteiger partial charge in [-0.3, -0.25) is 0 Å². The number of methoxy groups -OCH3 is 1. The molecule has 0 aliphatic carbocycles. The molecule has 0 radical (unpaired) electrons. The summed E-state index contributed by atoms with van der Waals surface area (Å²) in [5, 5.41) is 13.9. The maximum atomic E-state index is 12.1. The highest BCUT2D eigenvalue weighted by molar-refractivity contribution is 5.84. The molecular weight excluding hydrogens is 264 g/mol. The molecule has 1 atom stereocenters.